The standard InChI is InChI=1S/C16H28N4O/c1-7-12-13(17-8-2)18-11-19-14(12)20-9-15(3,4)21-16(5,6)10-20/h11H,7-10H2,1-6H3,(H,17,18,19). The zero-order chi connectivity index (χ0) is 15.7. The summed E-state index contributed by atoms with van der Waals surface area (Å²) in [5, 5.41) is 3.34. The molecule has 0 atom stereocenters. The summed E-state index contributed by atoms with van der Waals surface area (Å²) in [5.74, 6) is 1.99. The number of anilines is 2. The van der Waals surface area contributed by atoms with Crippen molar-refractivity contribution in [2.75, 3.05) is 29.9 Å². The Morgan fingerprint density at radius 1 is 1.14 bits per heavy atom. The normalized spacial score (nSPS) is 20.4. The van der Waals surface area contributed by atoms with Crippen LogP contribution in [0.4, 0.5) is 11.6 Å². The van der Waals surface area contributed by atoms with Crippen LogP contribution in [-0.2, 0) is 11.2 Å². The van der Waals surface area contributed by atoms with Crippen LogP contribution in [0.15, 0.2) is 6.33 Å². The van der Waals surface area contributed by atoms with Gasteiger partial charge >= 0.3 is 0 Å². The monoisotopic (exact) mass is 292 g/mol. The Hall–Kier alpha value is -1.36. The molecule has 1 saturated heterocycles. The summed E-state index contributed by atoms with van der Waals surface area (Å²) in [6, 6.07) is 0. The molecule has 1 N–H and O–H groups in total. The van der Waals surface area contributed by atoms with Gasteiger partial charge in [-0.2, -0.15) is 0 Å². The topological polar surface area (TPSA) is 50.3 Å². The van der Waals surface area contributed by atoms with Gasteiger partial charge in [-0.05, 0) is 41.0 Å². The van der Waals surface area contributed by atoms with Gasteiger partial charge in [-0.3, -0.25) is 0 Å². The Morgan fingerprint density at radius 3 is 2.29 bits per heavy atom. The first-order valence-corrected chi connectivity index (χ1v) is 7.81. The van der Waals surface area contributed by atoms with E-state index in [1.54, 1.807) is 6.33 Å². The number of morpholine rings is 1. The molecule has 1 aliphatic rings. The molecule has 1 fully saturated rings. The van der Waals surface area contributed by atoms with E-state index >= 15 is 0 Å². The Kier molecular flexibility index (Phi) is 4.42. The Labute approximate surface area is 128 Å². The van der Waals surface area contributed by atoms with Crippen LogP contribution in [0.5, 0.6) is 0 Å². The van der Waals surface area contributed by atoms with E-state index in [1.807, 2.05) is 0 Å². The molecule has 118 valence electrons. The van der Waals surface area contributed by atoms with Crippen LogP contribution in [0, 0.1) is 0 Å². The second-order valence-electron chi connectivity index (χ2n) is 6.89. The largest absolute Gasteiger partial charge is 0.370 e. The fourth-order valence-electron chi connectivity index (χ4n) is 3.26. The zero-order valence-corrected chi connectivity index (χ0v) is 14.2. The van der Waals surface area contributed by atoms with Crippen LogP contribution in [0.3, 0.4) is 0 Å². The molecule has 2 heterocycles. The first-order chi connectivity index (χ1) is 9.78. The molecule has 0 spiro atoms. The summed E-state index contributed by atoms with van der Waals surface area (Å²) in [6.45, 7) is 15.3. The van der Waals surface area contributed by atoms with Gasteiger partial charge in [0.05, 0.1) is 11.2 Å². The van der Waals surface area contributed by atoms with Crippen LogP contribution in [-0.4, -0.2) is 40.8 Å². The van der Waals surface area contributed by atoms with Crippen molar-refractivity contribution >= 4 is 11.6 Å². The van der Waals surface area contributed by atoms with Crippen LogP contribution in [0.2, 0.25) is 0 Å². The summed E-state index contributed by atoms with van der Waals surface area (Å²) in [5.41, 5.74) is 0.819. The lowest BCUT2D eigenvalue weighted by Gasteiger charge is -2.48. The van der Waals surface area contributed by atoms with Crippen molar-refractivity contribution in [2.45, 2.75) is 59.2 Å². The van der Waals surface area contributed by atoms with Gasteiger partial charge < -0.3 is 15.0 Å². The van der Waals surface area contributed by atoms with Crippen LogP contribution >= 0.6 is 0 Å². The highest BCUT2D eigenvalue weighted by Crippen LogP contribution is 2.33. The molecule has 21 heavy (non-hydrogen) atoms. The quantitative estimate of drug-likeness (QED) is 0.924. The molecular weight excluding hydrogens is 264 g/mol. The molecule has 0 aromatic carbocycles. The van der Waals surface area contributed by atoms with Gasteiger partial charge in [-0.15, -0.1) is 0 Å². The van der Waals surface area contributed by atoms with Crippen LogP contribution in [0.1, 0.15) is 47.1 Å². The zero-order valence-electron chi connectivity index (χ0n) is 14.2. The van der Waals surface area contributed by atoms with E-state index in [9.17, 15) is 0 Å². The van der Waals surface area contributed by atoms with Gasteiger partial charge in [0.15, 0.2) is 0 Å². The number of hydrogen-bond donors (Lipinski definition) is 1. The van der Waals surface area contributed by atoms with E-state index in [1.165, 1.54) is 5.56 Å². The second-order valence-corrected chi connectivity index (χ2v) is 6.89. The lowest BCUT2D eigenvalue weighted by atomic mass is 9.98. The van der Waals surface area contributed by atoms with E-state index < -0.39 is 0 Å². The van der Waals surface area contributed by atoms with Crippen molar-refractivity contribution in [3.63, 3.8) is 0 Å². The van der Waals surface area contributed by atoms with Crippen molar-refractivity contribution in [2.24, 2.45) is 0 Å². The summed E-state index contributed by atoms with van der Waals surface area (Å²) in [4.78, 5) is 11.3. The molecule has 0 amide bonds. The van der Waals surface area contributed by atoms with Gasteiger partial charge in [0.2, 0.25) is 0 Å². The first-order valence-electron chi connectivity index (χ1n) is 7.81. The van der Waals surface area contributed by atoms with E-state index in [0.717, 1.165) is 37.7 Å². The summed E-state index contributed by atoms with van der Waals surface area (Å²) in [6.07, 6.45) is 2.57. The minimum atomic E-state index is -0.184. The third kappa shape index (κ3) is 3.64. The minimum absolute atomic E-state index is 0.184. The molecular formula is C16H28N4O. The average molecular weight is 292 g/mol. The smallest absolute Gasteiger partial charge is 0.137 e. The van der Waals surface area contributed by atoms with E-state index in [4.69, 9.17) is 4.74 Å². The molecule has 0 bridgehead atoms. The Balaban J connectivity index is 2.38. The van der Waals surface area contributed by atoms with E-state index in [0.29, 0.717) is 0 Å². The maximum absolute atomic E-state index is 6.16. The number of rotatable bonds is 4. The van der Waals surface area contributed by atoms with Crippen molar-refractivity contribution in [1.29, 1.82) is 0 Å². The third-order valence-electron chi connectivity index (χ3n) is 3.62. The highest BCUT2D eigenvalue weighted by Gasteiger charge is 2.39. The van der Waals surface area contributed by atoms with Crippen LogP contribution < -0.4 is 10.2 Å². The Morgan fingerprint density at radius 2 is 1.76 bits per heavy atom. The molecule has 0 saturated carbocycles. The number of hydrogen-bond acceptors (Lipinski definition) is 5. The second kappa shape index (κ2) is 5.79. The first kappa shape index (κ1) is 16.0. The van der Waals surface area contributed by atoms with Gasteiger partial charge in [-0.25, -0.2) is 9.97 Å². The fourth-order valence-corrected chi connectivity index (χ4v) is 3.26. The van der Waals surface area contributed by atoms with Gasteiger partial charge in [0.1, 0.15) is 18.0 Å². The fraction of sp³-hybridized carbons (Fsp3) is 0.750. The minimum Gasteiger partial charge on any atom is -0.370 e. The van der Waals surface area contributed by atoms with E-state index in [2.05, 4.69) is 61.7 Å². The maximum Gasteiger partial charge on any atom is 0.137 e. The molecule has 5 nitrogen and oxygen atoms in total. The maximum atomic E-state index is 6.16. The van der Waals surface area contributed by atoms with E-state index in [-0.39, 0.29) is 11.2 Å². The predicted molar refractivity (Wildman–Crippen MR) is 87.0 cm³/mol. The lowest BCUT2D eigenvalue weighted by molar-refractivity contribution is -0.133. The van der Waals surface area contributed by atoms with Gasteiger partial charge in [0, 0.05) is 25.2 Å². The number of nitrogens with one attached hydrogen (secondary N) is 1. The Bertz CT molecular complexity index is 483. The molecule has 5 heteroatoms. The molecule has 0 unspecified atom stereocenters. The third-order valence-corrected chi connectivity index (χ3v) is 3.62. The molecule has 1 aromatic heterocycles. The number of nitrogens with zero attached hydrogens (tertiary/aromatic N) is 3. The SMILES string of the molecule is CCNc1ncnc(N2CC(C)(C)OC(C)(C)C2)c1CC. The molecule has 0 radical (unpaired) electrons. The summed E-state index contributed by atoms with van der Waals surface area (Å²) < 4.78 is 6.16. The number of ether oxygens (including phenoxy) is 1. The van der Waals surface area contributed by atoms with Crippen molar-refractivity contribution in [3.8, 4) is 0 Å². The summed E-state index contributed by atoms with van der Waals surface area (Å²) in [7, 11) is 0. The summed E-state index contributed by atoms with van der Waals surface area (Å²) >= 11 is 0. The predicted octanol–water partition coefficient (Wildman–Crippen LogP) is 2.86. The van der Waals surface area contributed by atoms with Crippen molar-refractivity contribution < 1.29 is 4.74 Å². The molecule has 2 rings (SSSR count). The van der Waals surface area contributed by atoms with Crippen molar-refractivity contribution in [1.82, 2.24) is 9.97 Å². The highest BCUT2D eigenvalue weighted by atomic mass is 16.5. The van der Waals surface area contributed by atoms with Crippen molar-refractivity contribution in [3.05, 3.63) is 11.9 Å². The number of aromatic nitrogens is 2. The lowest BCUT2D eigenvalue weighted by Crippen LogP contribution is -2.57. The molecule has 1 aliphatic heterocycles. The average Bonchev–Trinajstić information content (AvgIpc) is 2.35. The van der Waals surface area contributed by atoms with Gasteiger partial charge in [0.25, 0.3) is 0 Å². The molecule has 0 aliphatic carbocycles. The molecule has 1 aromatic rings. The highest BCUT2D eigenvalue weighted by molar-refractivity contribution is 5.59. The van der Waals surface area contributed by atoms with Crippen LogP contribution in [0.25, 0.3) is 0 Å². The van der Waals surface area contributed by atoms with Gasteiger partial charge in [-0.1, -0.05) is 6.92 Å².